The molecule has 0 atom stereocenters. The van der Waals surface area contributed by atoms with Crippen LogP contribution in [-0.4, -0.2) is 26.0 Å². The highest BCUT2D eigenvalue weighted by molar-refractivity contribution is 9.10. The van der Waals surface area contributed by atoms with Gasteiger partial charge in [-0.1, -0.05) is 30.3 Å². The van der Waals surface area contributed by atoms with E-state index in [1.54, 1.807) is 13.8 Å². The highest BCUT2D eigenvalue weighted by Gasteiger charge is 2.16. The number of hydrogen-bond acceptors (Lipinski definition) is 3. The third-order valence-electron chi connectivity index (χ3n) is 3.17. The molecule has 0 N–H and O–H groups in total. The summed E-state index contributed by atoms with van der Waals surface area (Å²) in [5.41, 5.74) is 0. The van der Waals surface area contributed by atoms with Crippen LogP contribution in [0.5, 0.6) is 5.75 Å². The van der Waals surface area contributed by atoms with E-state index in [1.165, 1.54) is 0 Å². The maximum atomic E-state index is 11.7. The van der Waals surface area contributed by atoms with Crippen LogP contribution in [0.4, 0.5) is 0 Å². The molecular weight excluding hydrogens is 340 g/mol. The fourth-order valence-electron chi connectivity index (χ4n) is 1.83. The monoisotopic (exact) mass is 356 g/mol. The molecule has 0 saturated carbocycles. The molecule has 0 amide bonds. The Kier molecular flexibility index (Phi) is 4.70. The second-order valence-corrected chi connectivity index (χ2v) is 8.33. The fraction of sp³-hybridized carbons (Fsp3) is 0.333. The summed E-state index contributed by atoms with van der Waals surface area (Å²) >= 11 is 3.52. The minimum atomic E-state index is -3.06. The number of sulfone groups is 1. The summed E-state index contributed by atoms with van der Waals surface area (Å²) in [4.78, 5) is 0. The smallest absolute Gasteiger partial charge is 0.155 e. The van der Waals surface area contributed by atoms with Crippen LogP contribution < -0.4 is 4.74 Å². The zero-order chi connectivity index (χ0) is 14.8. The van der Waals surface area contributed by atoms with Gasteiger partial charge in [-0.15, -0.1) is 0 Å². The Morgan fingerprint density at radius 3 is 2.55 bits per heavy atom. The third kappa shape index (κ3) is 3.33. The van der Waals surface area contributed by atoms with Crippen LogP contribution in [0.25, 0.3) is 10.8 Å². The molecule has 5 heteroatoms. The van der Waals surface area contributed by atoms with Gasteiger partial charge in [-0.25, -0.2) is 8.42 Å². The summed E-state index contributed by atoms with van der Waals surface area (Å²) in [6, 6.07) is 11.8. The SMILES string of the molecule is CC(C)S(=O)(=O)CCOc1ccc2ccccc2c1Br. The molecule has 0 saturated heterocycles. The van der Waals surface area contributed by atoms with Crippen molar-refractivity contribution in [2.45, 2.75) is 19.1 Å². The van der Waals surface area contributed by atoms with Crippen LogP contribution in [0.1, 0.15) is 13.8 Å². The predicted octanol–water partition coefficient (Wildman–Crippen LogP) is 3.80. The van der Waals surface area contributed by atoms with Gasteiger partial charge in [-0.2, -0.15) is 0 Å². The van der Waals surface area contributed by atoms with Crippen molar-refractivity contribution in [3.8, 4) is 5.75 Å². The van der Waals surface area contributed by atoms with Crippen LogP contribution in [0, 0.1) is 0 Å². The van der Waals surface area contributed by atoms with E-state index in [9.17, 15) is 8.42 Å². The molecule has 0 radical (unpaired) electrons. The molecule has 0 aromatic heterocycles. The van der Waals surface area contributed by atoms with Crippen LogP contribution in [0.15, 0.2) is 40.9 Å². The van der Waals surface area contributed by atoms with Crippen molar-refractivity contribution >= 4 is 36.5 Å². The summed E-state index contributed by atoms with van der Waals surface area (Å²) in [5, 5.41) is 1.80. The van der Waals surface area contributed by atoms with Gasteiger partial charge in [-0.3, -0.25) is 0 Å². The molecule has 0 heterocycles. The zero-order valence-electron chi connectivity index (χ0n) is 11.5. The first-order valence-electron chi connectivity index (χ1n) is 6.43. The maximum Gasteiger partial charge on any atom is 0.155 e. The minimum Gasteiger partial charge on any atom is -0.491 e. The topological polar surface area (TPSA) is 43.4 Å². The van der Waals surface area contributed by atoms with Crippen LogP contribution >= 0.6 is 15.9 Å². The molecule has 20 heavy (non-hydrogen) atoms. The van der Waals surface area contributed by atoms with Gasteiger partial charge in [0.25, 0.3) is 0 Å². The van der Waals surface area contributed by atoms with Crippen molar-refractivity contribution in [1.82, 2.24) is 0 Å². The Balaban J connectivity index is 2.13. The molecule has 108 valence electrons. The summed E-state index contributed by atoms with van der Waals surface area (Å²) < 4.78 is 29.9. The van der Waals surface area contributed by atoms with Crippen LogP contribution in [0.3, 0.4) is 0 Å². The molecular formula is C15H17BrO3S. The number of ether oxygens (including phenoxy) is 1. The predicted molar refractivity (Wildman–Crippen MR) is 86.1 cm³/mol. The van der Waals surface area contributed by atoms with E-state index in [0.29, 0.717) is 5.75 Å². The van der Waals surface area contributed by atoms with Gasteiger partial charge < -0.3 is 4.74 Å². The molecule has 2 rings (SSSR count). The molecule has 3 nitrogen and oxygen atoms in total. The van der Waals surface area contributed by atoms with Crippen molar-refractivity contribution in [2.75, 3.05) is 12.4 Å². The molecule has 2 aromatic rings. The molecule has 0 fully saturated rings. The molecule has 0 aliphatic heterocycles. The maximum absolute atomic E-state index is 11.7. The lowest BCUT2D eigenvalue weighted by atomic mass is 10.1. The number of benzene rings is 2. The lowest BCUT2D eigenvalue weighted by Gasteiger charge is -2.12. The number of rotatable bonds is 5. The zero-order valence-corrected chi connectivity index (χ0v) is 13.9. The van der Waals surface area contributed by atoms with Gasteiger partial charge in [0, 0.05) is 0 Å². The van der Waals surface area contributed by atoms with Gasteiger partial charge in [0.15, 0.2) is 9.84 Å². The summed E-state index contributed by atoms with van der Waals surface area (Å²) in [5.74, 6) is 0.701. The quantitative estimate of drug-likeness (QED) is 0.818. The summed E-state index contributed by atoms with van der Waals surface area (Å²) in [6.45, 7) is 3.53. The van der Waals surface area contributed by atoms with Gasteiger partial charge in [0.2, 0.25) is 0 Å². The normalized spacial score (nSPS) is 12.0. The lowest BCUT2D eigenvalue weighted by molar-refractivity contribution is 0.339. The molecule has 0 unspecified atom stereocenters. The number of halogens is 1. The van der Waals surface area contributed by atoms with Crippen molar-refractivity contribution < 1.29 is 13.2 Å². The van der Waals surface area contributed by atoms with Crippen molar-refractivity contribution in [1.29, 1.82) is 0 Å². The Bertz CT molecular complexity index is 708. The Morgan fingerprint density at radius 2 is 1.85 bits per heavy atom. The highest BCUT2D eigenvalue weighted by Crippen LogP contribution is 2.32. The molecule has 0 bridgehead atoms. The molecule has 2 aromatic carbocycles. The second kappa shape index (κ2) is 6.14. The number of hydrogen-bond donors (Lipinski definition) is 0. The largest absolute Gasteiger partial charge is 0.491 e. The Hall–Kier alpha value is -1.07. The van der Waals surface area contributed by atoms with Crippen molar-refractivity contribution in [2.24, 2.45) is 0 Å². The van der Waals surface area contributed by atoms with E-state index < -0.39 is 9.84 Å². The third-order valence-corrected chi connectivity index (χ3v) is 6.16. The average molecular weight is 357 g/mol. The van der Waals surface area contributed by atoms with Gasteiger partial charge in [0.1, 0.15) is 12.4 Å². The minimum absolute atomic E-state index is 0.0317. The van der Waals surface area contributed by atoms with Crippen LogP contribution in [-0.2, 0) is 9.84 Å². The van der Waals surface area contributed by atoms with E-state index in [1.807, 2.05) is 36.4 Å². The van der Waals surface area contributed by atoms with Gasteiger partial charge in [0.05, 0.1) is 15.5 Å². The summed E-state index contributed by atoms with van der Waals surface area (Å²) in [6.07, 6.45) is 0. The number of fused-ring (bicyclic) bond motifs is 1. The average Bonchev–Trinajstić information content (AvgIpc) is 2.41. The van der Waals surface area contributed by atoms with E-state index in [0.717, 1.165) is 15.2 Å². The van der Waals surface area contributed by atoms with Gasteiger partial charge >= 0.3 is 0 Å². The molecule has 0 spiro atoms. The second-order valence-electron chi connectivity index (χ2n) is 4.86. The standard InChI is InChI=1S/C15H17BrO3S/c1-11(2)20(17,18)10-9-19-14-8-7-12-5-3-4-6-13(12)15(14)16/h3-8,11H,9-10H2,1-2H3. The first-order valence-corrected chi connectivity index (χ1v) is 8.94. The Morgan fingerprint density at radius 1 is 1.15 bits per heavy atom. The molecule has 0 aliphatic carbocycles. The lowest BCUT2D eigenvalue weighted by Crippen LogP contribution is -2.22. The van der Waals surface area contributed by atoms with Crippen LogP contribution in [0.2, 0.25) is 0 Å². The molecule has 0 aliphatic rings. The van der Waals surface area contributed by atoms with E-state index in [-0.39, 0.29) is 17.6 Å². The Labute approximate surface area is 128 Å². The van der Waals surface area contributed by atoms with E-state index >= 15 is 0 Å². The van der Waals surface area contributed by atoms with E-state index in [2.05, 4.69) is 15.9 Å². The fourth-order valence-corrected chi connectivity index (χ4v) is 3.22. The highest BCUT2D eigenvalue weighted by atomic mass is 79.9. The van der Waals surface area contributed by atoms with E-state index in [4.69, 9.17) is 4.74 Å². The van der Waals surface area contributed by atoms with Crippen molar-refractivity contribution in [3.05, 3.63) is 40.9 Å². The first-order chi connectivity index (χ1) is 9.42. The summed E-state index contributed by atoms with van der Waals surface area (Å²) in [7, 11) is -3.06. The first kappa shape index (κ1) is 15.3. The van der Waals surface area contributed by atoms with Crippen molar-refractivity contribution in [3.63, 3.8) is 0 Å². The van der Waals surface area contributed by atoms with Gasteiger partial charge in [-0.05, 0) is 46.6 Å².